The minimum atomic E-state index is -1.72. The molecule has 66 valence electrons. The van der Waals surface area contributed by atoms with Gasteiger partial charge in [-0.25, -0.2) is 8.78 Å². The van der Waals surface area contributed by atoms with Crippen molar-refractivity contribution in [3.05, 3.63) is 29.8 Å². The molecule has 0 nitrogen and oxygen atoms in total. The molecule has 0 spiro atoms. The summed E-state index contributed by atoms with van der Waals surface area (Å²) in [4.78, 5) is 0. The summed E-state index contributed by atoms with van der Waals surface area (Å²) < 4.78 is 25.9. The molecule has 12 heavy (non-hydrogen) atoms. The molecule has 0 radical (unpaired) electrons. The van der Waals surface area contributed by atoms with E-state index in [1.807, 2.05) is 19.6 Å². The van der Waals surface area contributed by atoms with E-state index >= 15 is 0 Å². The Balaban J connectivity index is 3.23. The molecule has 0 unspecified atom stereocenters. The average Bonchev–Trinajstić information content (AvgIpc) is 1.92. The molecule has 0 saturated heterocycles. The van der Waals surface area contributed by atoms with Crippen LogP contribution in [-0.4, -0.2) is 8.07 Å². The molecule has 0 saturated carbocycles. The van der Waals surface area contributed by atoms with Gasteiger partial charge in [-0.05, 0) is 23.4 Å². The summed E-state index contributed by atoms with van der Waals surface area (Å²) in [5, 5.41) is 0.558. The Labute approximate surface area is 72.2 Å². The van der Waals surface area contributed by atoms with Crippen LogP contribution in [-0.2, 0) is 0 Å². The smallest absolute Gasteiger partial charge is 0.123 e. The van der Waals surface area contributed by atoms with Gasteiger partial charge in [0.05, 0.1) is 8.07 Å². The van der Waals surface area contributed by atoms with Gasteiger partial charge in [0.25, 0.3) is 0 Å². The first kappa shape index (κ1) is 9.39. The zero-order valence-corrected chi connectivity index (χ0v) is 8.49. The number of benzene rings is 1. The topological polar surface area (TPSA) is 0 Å². The van der Waals surface area contributed by atoms with E-state index < -0.39 is 8.07 Å². The Kier molecular flexibility index (Phi) is 2.33. The minimum absolute atomic E-state index is 0.282. The van der Waals surface area contributed by atoms with Crippen LogP contribution in [0.4, 0.5) is 8.78 Å². The molecule has 0 aliphatic heterocycles. The Morgan fingerprint density at radius 3 is 2.08 bits per heavy atom. The predicted molar refractivity (Wildman–Crippen MR) is 49.3 cm³/mol. The third-order valence-electron chi connectivity index (χ3n) is 1.74. The summed E-state index contributed by atoms with van der Waals surface area (Å²) in [6, 6.07) is 3.66. The van der Waals surface area contributed by atoms with Gasteiger partial charge < -0.3 is 0 Å². The zero-order valence-electron chi connectivity index (χ0n) is 7.49. The van der Waals surface area contributed by atoms with Gasteiger partial charge in [0.15, 0.2) is 0 Å². The van der Waals surface area contributed by atoms with Gasteiger partial charge in [-0.3, -0.25) is 0 Å². The number of hydrogen-bond acceptors (Lipinski definition) is 0. The van der Waals surface area contributed by atoms with E-state index in [0.717, 1.165) is 6.07 Å². The van der Waals surface area contributed by atoms with E-state index in [4.69, 9.17) is 0 Å². The molecular weight excluding hydrogens is 174 g/mol. The van der Waals surface area contributed by atoms with Crippen LogP contribution in [0.5, 0.6) is 0 Å². The lowest BCUT2D eigenvalue weighted by molar-refractivity contribution is 0.606. The Hall–Kier alpha value is -0.703. The van der Waals surface area contributed by atoms with Gasteiger partial charge in [0, 0.05) is 0 Å². The maximum atomic E-state index is 13.1. The third kappa shape index (κ3) is 1.91. The minimum Gasteiger partial charge on any atom is -0.207 e. The standard InChI is InChI=1S/C9H12F2Si/c1-12(2,3)9-6-7(10)4-5-8(9)11/h4-6H,1-3H3. The summed E-state index contributed by atoms with van der Waals surface area (Å²) in [6.45, 7) is 5.97. The summed E-state index contributed by atoms with van der Waals surface area (Å²) in [7, 11) is -1.72. The number of halogens is 2. The lowest BCUT2D eigenvalue weighted by Gasteiger charge is -2.16. The Morgan fingerprint density at radius 1 is 1.08 bits per heavy atom. The fourth-order valence-corrected chi connectivity index (χ4v) is 2.44. The SMILES string of the molecule is C[Si](C)(C)c1cc(F)ccc1F. The van der Waals surface area contributed by atoms with Crippen molar-refractivity contribution >= 4 is 13.3 Å². The molecule has 0 bridgehead atoms. The van der Waals surface area contributed by atoms with Crippen molar-refractivity contribution in [1.29, 1.82) is 0 Å². The highest BCUT2D eigenvalue weighted by molar-refractivity contribution is 6.88. The van der Waals surface area contributed by atoms with Crippen LogP contribution in [0.1, 0.15) is 0 Å². The van der Waals surface area contributed by atoms with Crippen molar-refractivity contribution < 1.29 is 8.78 Å². The van der Waals surface area contributed by atoms with Crippen LogP contribution in [0, 0.1) is 11.6 Å². The first-order valence-corrected chi connectivity index (χ1v) is 7.37. The number of rotatable bonds is 1. The van der Waals surface area contributed by atoms with Gasteiger partial charge in [-0.15, -0.1) is 0 Å². The second kappa shape index (κ2) is 2.97. The summed E-state index contributed by atoms with van der Waals surface area (Å²) in [5.74, 6) is -0.635. The van der Waals surface area contributed by atoms with Crippen molar-refractivity contribution in [2.75, 3.05) is 0 Å². The molecule has 0 heterocycles. The van der Waals surface area contributed by atoms with Crippen LogP contribution in [0.2, 0.25) is 19.6 Å². The van der Waals surface area contributed by atoms with Gasteiger partial charge in [-0.1, -0.05) is 19.6 Å². The van der Waals surface area contributed by atoms with Crippen molar-refractivity contribution in [2.45, 2.75) is 19.6 Å². The molecule has 1 aromatic carbocycles. The van der Waals surface area contributed by atoms with Crippen LogP contribution < -0.4 is 5.19 Å². The van der Waals surface area contributed by atoms with Gasteiger partial charge >= 0.3 is 0 Å². The maximum Gasteiger partial charge on any atom is 0.123 e. The first-order valence-electron chi connectivity index (χ1n) is 3.87. The lowest BCUT2D eigenvalue weighted by Crippen LogP contribution is -2.40. The highest BCUT2D eigenvalue weighted by atomic mass is 28.3. The first-order chi connectivity index (χ1) is 5.41. The molecule has 1 aromatic rings. The molecule has 0 aliphatic carbocycles. The van der Waals surface area contributed by atoms with Crippen molar-refractivity contribution in [2.24, 2.45) is 0 Å². The molecule has 0 amide bonds. The van der Waals surface area contributed by atoms with Gasteiger partial charge in [0.1, 0.15) is 11.6 Å². The average molecular weight is 186 g/mol. The van der Waals surface area contributed by atoms with Crippen LogP contribution in [0.3, 0.4) is 0 Å². The maximum absolute atomic E-state index is 13.1. The highest BCUT2D eigenvalue weighted by Gasteiger charge is 2.20. The van der Waals surface area contributed by atoms with Crippen LogP contribution in [0.25, 0.3) is 0 Å². The third-order valence-corrected chi connectivity index (χ3v) is 3.74. The van der Waals surface area contributed by atoms with Crippen molar-refractivity contribution in [3.63, 3.8) is 0 Å². The fourth-order valence-electron chi connectivity index (χ4n) is 1.07. The van der Waals surface area contributed by atoms with E-state index in [2.05, 4.69) is 0 Å². The van der Waals surface area contributed by atoms with Crippen LogP contribution >= 0.6 is 0 Å². The molecule has 0 atom stereocenters. The molecule has 1 rings (SSSR count). The Bertz CT molecular complexity index is 289. The number of hydrogen-bond donors (Lipinski definition) is 0. The second-order valence-corrected chi connectivity index (χ2v) is 8.91. The second-order valence-electron chi connectivity index (χ2n) is 3.87. The summed E-state index contributed by atoms with van der Waals surface area (Å²) in [5.41, 5.74) is 0. The highest BCUT2D eigenvalue weighted by Crippen LogP contribution is 2.07. The molecule has 0 N–H and O–H groups in total. The van der Waals surface area contributed by atoms with Gasteiger partial charge in [0.2, 0.25) is 0 Å². The molecule has 0 fully saturated rings. The molecule has 0 aliphatic rings. The van der Waals surface area contributed by atoms with E-state index in [-0.39, 0.29) is 11.6 Å². The van der Waals surface area contributed by atoms with E-state index in [1.54, 1.807) is 0 Å². The fraction of sp³-hybridized carbons (Fsp3) is 0.333. The monoisotopic (exact) mass is 186 g/mol. The zero-order chi connectivity index (χ0) is 9.35. The summed E-state index contributed by atoms with van der Waals surface area (Å²) in [6.07, 6.45) is 0. The quantitative estimate of drug-likeness (QED) is 0.591. The van der Waals surface area contributed by atoms with Gasteiger partial charge in [-0.2, -0.15) is 0 Å². The molecular formula is C9H12F2Si. The van der Waals surface area contributed by atoms with E-state index in [0.29, 0.717) is 5.19 Å². The largest absolute Gasteiger partial charge is 0.207 e. The lowest BCUT2D eigenvalue weighted by atomic mass is 10.3. The molecule has 0 aromatic heterocycles. The normalized spacial score (nSPS) is 11.8. The summed E-state index contributed by atoms with van der Waals surface area (Å²) >= 11 is 0. The molecule has 3 heteroatoms. The van der Waals surface area contributed by atoms with Crippen molar-refractivity contribution in [1.82, 2.24) is 0 Å². The van der Waals surface area contributed by atoms with Crippen molar-refractivity contribution in [3.8, 4) is 0 Å². The van der Waals surface area contributed by atoms with E-state index in [9.17, 15) is 8.78 Å². The van der Waals surface area contributed by atoms with E-state index in [1.165, 1.54) is 12.1 Å². The Morgan fingerprint density at radius 2 is 1.67 bits per heavy atom. The predicted octanol–water partition coefficient (Wildman–Crippen LogP) is 2.51. The van der Waals surface area contributed by atoms with Crippen LogP contribution in [0.15, 0.2) is 18.2 Å².